The van der Waals surface area contributed by atoms with Gasteiger partial charge in [-0.15, -0.1) is 5.10 Å². The van der Waals surface area contributed by atoms with Gasteiger partial charge in [-0.05, 0) is 51.3 Å². The third-order valence-corrected chi connectivity index (χ3v) is 8.62. The number of carbonyl (C=O) groups excluding carboxylic acids is 1. The Bertz CT molecular complexity index is 1380. The quantitative estimate of drug-likeness (QED) is 0.530. The molecule has 9 nitrogen and oxygen atoms in total. The molecular weight excluding hydrogens is 482 g/mol. The van der Waals surface area contributed by atoms with Gasteiger partial charge in [0.2, 0.25) is 0 Å². The van der Waals surface area contributed by atoms with E-state index in [1.165, 1.54) is 5.56 Å². The molecule has 3 aromatic rings. The average molecular weight is 520 g/mol. The van der Waals surface area contributed by atoms with Crippen molar-refractivity contribution in [1.29, 1.82) is 0 Å². The highest BCUT2D eigenvalue weighted by Gasteiger charge is 2.73. The fourth-order valence-corrected chi connectivity index (χ4v) is 6.63. The Hall–Kier alpha value is -3.17. The Balaban J connectivity index is 1.25. The lowest BCUT2D eigenvalue weighted by Gasteiger charge is -2.50. The van der Waals surface area contributed by atoms with Crippen LogP contribution < -0.4 is 10.2 Å². The minimum Gasteiger partial charge on any atom is -0.444 e. The summed E-state index contributed by atoms with van der Waals surface area (Å²) in [5, 5.41) is 18.2. The number of aromatic nitrogens is 3. The summed E-state index contributed by atoms with van der Waals surface area (Å²) in [6.45, 7) is 11.9. The third kappa shape index (κ3) is 3.86. The van der Waals surface area contributed by atoms with Crippen LogP contribution in [0.3, 0.4) is 0 Å². The molecule has 0 spiro atoms. The van der Waals surface area contributed by atoms with E-state index < -0.39 is 22.8 Å². The fourth-order valence-electron chi connectivity index (χ4n) is 6.63. The lowest BCUT2D eigenvalue weighted by molar-refractivity contribution is -0.0978. The van der Waals surface area contributed by atoms with Crippen LogP contribution in [0, 0.1) is 12.8 Å². The standard InChI is InChI=1S/C29H37N5O4/c1-19-13-21(33-12-11-27(5,17-33)20-9-7-6-8-10-20)14-34-23(19)30-24(32-34)29-16-28(18-37-29,22(29)15-35)31-25(36)38-26(2,3)4/h6-10,13-14,22,35H,11-12,15-18H2,1-5H3,(H,31,36)/t22?,27-,28?,29?/m0/s1. The molecule has 1 aromatic carbocycles. The average Bonchev–Trinajstić information content (AvgIpc) is 3.60. The lowest BCUT2D eigenvalue weighted by Crippen LogP contribution is -2.68. The van der Waals surface area contributed by atoms with Crippen LogP contribution in [0.2, 0.25) is 0 Å². The second-order valence-electron chi connectivity index (χ2n) is 12.6. The first-order chi connectivity index (χ1) is 18.0. The van der Waals surface area contributed by atoms with E-state index in [0.29, 0.717) is 12.2 Å². The van der Waals surface area contributed by atoms with Gasteiger partial charge >= 0.3 is 6.09 Å². The highest BCUT2D eigenvalue weighted by atomic mass is 16.6. The Morgan fingerprint density at radius 2 is 2.05 bits per heavy atom. The largest absolute Gasteiger partial charge is 0.444 e. The SMILES string of the molecule is Cc1cc(N2CC[C@](C)(c3ccccc3)C2)cn2nc(C34CC(NC(=O)OC(C)(C)C)(CO3)C4CO)nc12. The summed E-state index contributed by atoms with van der Waals surface area (Å²) in [4.78, 5) is 19.8. The van der Waals surface area contributed by atoms with Crippen molar-refractivity contribution in [1.82, 2.24) is 19.9 Å². The number of alkyl carbamates (subject to hydrolysis) is 1. The van der Waals surface area contributed by atoms with Crippen molar-refractivity contribution in [2.45, 2.75) is 69.6 Å². The van der Waals surface area contributed by atoms with Crippen molar-refractivity contribution in [2.75, 3.05) is 31.2 Å². The molecule has 3 saturated heterocycles. The summed E-state index contributed by atoms with van der Waals surface area (Å²) in [5.41, 5.74) is 2.25. The van der Waals surface area contributed by atoms with Crippen LogP contribution in [0.4, 0.5) is 10.5 Å². The molecule has 1 saturated carbocycles. The number of hydrogen-bond acceptors (Lipinski definition) is 7. The summed E-state index contributed by atoms with van der Waals surface area (Å²) in [6, 6.07) is 12.9. The van der Waals surface area contributed by atoms with Gasteiger partial charge in [-0.2, -0.15) is 0 Å². The maximum absolute atomic E-state index is 12.5. The molecule has 0 radical (unpaired) electrons. The molecule has 7 rings (SSSR count). The van der Waals surface area contributed by atoms with Gasteiger partial charge in [0.1, 0.15) is 11.2 Å². The van der Waals surface area contributed by atoms with Gasteiger partial charge in [-0.25, -0.2) is 14.3 Å². The molecule has 3 aliphatic heterocycles. The predicted molar refractivity (Wildman–Crippen MR) is 143 cm³/mol. The number of amides is 1. The second-order valence-corrected chi connectivity index (χ2v) is 12.6. The van der Waals surface area contributed by atoms with E-state index in [0.717, 1.165) is 36.4 Å². The first-order valence-electron chi connectivity index (χ1n) is 13.4. The number of nitrogens with zero attached hydrogens (tertiary/aromatic N) is 4. The number of fused-ring (bicyclic) bond motifs is 2. The van der Waals surface area contributed by atoms with Crippen LogP contribution in [0.5, 0.6) is 0 Å². The van der Waals surface area contributed by atoms with Crippen LogP contribution >= 0.6 is 0 Å². The Morgan fingerprint density at radius 3 is 2.76 bits per heavy atom. The zero-order valence-corrected chi connectivity index (χ0v) is 22.8. The van der Waals surface area contributed by atoms with Crippen LogP contribution in [0.1, 0.15) is 57.5 Å². The summed E-state index contributed by atoms with van der Waals surface area (Å²) < 4.78 is 13.5. The van der Waals surface area contributed by atoms with E-state index in [4.69, 9.17) is 19.6 Å². The molecule has 4 fully saturated rings. The highest BCUT2D eigenvalue weighted by molar-refractivity contribution is 5.70. The number of nitrogens with one attached hydrogen (secondary N) is 1. The molecule has 2 N–H and O–H groups in total. The molecule has 1 amide bonds. The molecule has 202 valence electrons. The Labute approximate surface area is 223 Å². The smallest absolute Gasteiger partial charge is 0.408 e. The first kappa shape index (κ1) is 25.1. The van der Waals surface area contributed by atoms with Crippen molar-refractivity contribution in [3.05, 3.63) is 59.5 Å². The van der Waals surface area contributed by atoms with Crippen LogP contribution in [0.15, 0.2) is 42.6 Å². The summed E-state index contributed by atoms with van der Waals surface area (Å²) in [6.07, 6.45) is 3.11. The van der Waals surface area contributed by atoms with Gasteiger partial charge in [0.25, 0.3) is 0 Å². The minimum absolute atomic E-state index is 0.0963. The van der Waals surface area contributed by atoms with Gasteiger partial charge in [0, 0.05) is 30.8 Å². The highest BCUT2D eigenvalue weighted by Crippen LogP contribution is 2.61. The first-order valence-corrected chi connectivity index (χ1v) is 13.4. The van der Waals surface area contributed by atoms with E-state index in [1.807, 2.05) is 31.5 Å². The molecule has 4 aliphatic rings. The number of pyridine rings is 1. The lowest BCUT2D eigenvalue weighted by atomic mass is 9.58. The molecule has 3 unspecified atom stereocenters. The molecule has 38 heavy (non-hydrogen) atoms. The molecule has 2 aromatic heterocycles. The summed E-state index contributed by atoms with van der Waals surface area (Å²) in [5.74, 6) is 0.191. The number of aliphatic hydroxyl groups is 1. The predicted octanol–water partition coefficient (Wildman–Crippen LogP) is 3.71. The van der Waals surface area contributed by atoms with Crippen LogP contribution in [-0.4, -0.2) is 63.2 Å². The van der Waals surface area contributed by atoms with Gasteiger partial charge < -0.3 is 24.8 Å². The van der Waals surface area contributed by atoms with Crippen molar-refractivity contribution >= 4 is 17.4 Å². The number of hydrogen-bond donors (Lipinski definition) is 2. The monoisotopic (exact) mass is 519 g/mol. The molecule has 9 heteroatoms. The number of benzene rings is 1. The number of aliphatic hydroxyl groups excluding tert-OH is 1. The number of aryl methyl sites for hydroxylation is 1. The van der Waals surface area contributed by atoms with E-state index in [9.17, 15) is 9.90 Å². The molecular formula is C29H37N5O4. The zero-order valence-electron chi connectivity index (χ0n) is 22.8. The number of anilines is 1. The van der Waals surface area contributed by atoms with Crippen molar-refractivity contribution in [2.24, 2.45) is 5.92 Å². The Morgan fingerprint density at radius 1 is 1.29 bits per heavy atom. The second kappa shape index (κ2) is 8.41. The fraction of sp³-hybridized carbons (Fsp3) is 0.552. The van der Waals surface area contributed by atoms with Gasteiger partial charge in [0.15, 0.2) is 11.5 Å². The van der Waals surface area contributed by atoms with Crippen molar-refractivity contribution in [3.8, 4) is 0 Å². The van der Waals surface area contributed by atoms with E-state index in [2.05, 4.69) is 60.5 Å². The number of ether oxygens (including phenoxy) is 2. The zero-order chi connectivity index (χ0) is 26.9. The summed E-state index contributed by atoms with van der Waals surface area (Å²) in [7, 11) is 0. The van der Waals surface area contributed by atoms with E-state index in [1.54, 1.807) is 0 Å². The molecule has 2 bridgehead atoms. The summed E-state index contributed by atoms with van der Waals surface area (Å²) >= 11 is 0. The van der Waals surface area contributed by atoms with Crippen molar-refractivity contribution in [3.63, 3.8) is 0 Å². The maximum atomic E-state index is 12.5. The van der Waals surface area contributed by atoms with Gasteiger partial charge in [0.05, 0.1) is 30.6 Å². The minimum atomic E-state index is -0.831. The Kier molecular flexibility index (Phi) is 5.56. The van der Waals surface area contributed by atoms with E-state index in [-0.39, 0.29) is 24.5 Å². The maximum Gasteiger partial charge on any atom is 0.408 e. The van der Waals surface area contributed by atoms with Crippen LogP contribution in [-0.2, 0) is 20.5 Å². The van der Waals surface area contributed by atoms with Crippen molar-refractivity contribution < 1.29 is 19.4 Å². The third-order valence-electron chi connectivity index (χ3n) is 8.62. The van der Waals surface area contributed by atoms with E-state index >= 15 is 0 Å². The molecule has 1 aliphatic carbocycles. The number of rotatable bonds is 5. The topological polar surface area (TPSA) is 101 Å². The van der Waals surface area contributed by atoms with Gasteiger partial charge in [-0.3, -0.25) is 0 Å². The molecule has 5 heterocycles. The molecule has 4 atom stereocenters. The van der Waals surface area contributed by atoms with Gasteiger partial charge in [-0.1, -0.05) is 37.3 Å². The van der Waals surface area contributed by atoms with Crippen LogP contribution in [0.25, 0.3) is 5.65 Å². The number of carbonyl (C=O) groups is 1. The normalized spacial score (nSPS) is 30.5.